The molecule has 0 aliphatic heterocycles. The predicted octanol–water partition coefficient (Wildman–Crippen LogP) is 4.78. The van der Waals surface area contributed by atoms with Crippen molar-refractivity contribution in [3.63, 3.8) is 0 Å². The summed E-state index contributed by atoms with van der Waals surface area (Å²) in [5.74, 6) is 0.693. The molecule has 1 aliphatic carbocycles. The van der Waals surface area contributed by atoms with E-state index in [4.69, 9.17) is 0 Å². The molecule has 2 amide bonds. The van der Waals surface area contributed by atoms with Gasteiger partial charge in [0, 0.05) is 10.6 Å². The molecule has 1 atom stereocenters. The number of carbonyl (C=O) groups excluding carboxylic acids is 1. The SMILES string of the molecule is CCC1CCc2c(sc(NC(=O)Nc3ccccc3)c2C#N)C1. The van der Waals surface area contributed by atoms with Gasteiger partial charge in [-0.05, 0) is 42.9 Å². The molecule has 2 aromatic rings. The van der Waals surface area contributed by atoms with Crippen molar-refractivity contribution in [1.29, 1.82) is 5.26 Å². The van der Waals surface area contributed by atoms with Gasteiger partial charge in [-0.3, -0.25) is 5.32 Å². The number of amides is 2. The number of nitrogens with one attached hydrogen (secondary N) is 2. The lowest BCUT2D eigenvalue weighted by Crippen LogP contribution is -2.19. The van der Waals surface area contributed by atoms with Crippen LogP contribution in [0.1, 0.15) is 35.8 Å². The minimum Gasteiger partial charge on any atom is -0.308 e. The first-order valence-electron chi connectivity index (χ1n) is 7.89. The number of benzene rings is 1. The maximum absolute atomic E-state index is 12.2. The van der Waals surface area contributed by atoms with E-state index in [2.05, 4.69) is 23.6 Å². The Morgan fingerprint density at radius 2 is 2.13 bits per heavy atom. The fraction of sp³-hybridized carbons (Fsp3) is 0.333. The molecular weight excluding hydrogens is 306 g/mol. The van der Waals surface area contributed by atoms with E-state index < -0.39 is 0 Å². The highest BCUT2D eigenvalue weighted by molar-refractivity contribution is 7.16. The van der Waals surface area contributed by atoms with Gasteiger partial charge in [-0.2, -0.15) is 5.26 Å². The van der Waals surface area contributed by atoms with Crippen molar-refractivity contribution in [2.75, 3.05) is 10.6 Å². The lowest BCUT2D eigenvalue weighted by molar-refractivity contribution is 0.262. The molecule has 1 unspecified atom stereocenters. The third-order valence-electron chi connectivity index (χ3n) is 4.32. The highest BCUT2D eigenvalue weighted by Gasteiger charge is 2.25. The topological polar surface area (TPSA) is 64.9 Å². The van der Waals surface area contributed by atoms with Crippen molar-refractivity contribution in [3.8, 4) is 6.07 Å². The normalized spacial score (nSPS) is 16.3. The molecule has 1 aromatic heterocycles. The monoisotopic (exact) mass is 325 g/mol. The van der Waals surface area contributed by atoms with Gasteiger partial charge >= 0.3 is 6.03 Å². The average Bonchev–Trinajstić information content (AvgIpc) is 2.91. The Balaban J connectivity index is 1.77. The fourth-order valence-corrected chi connectivity index (χ4v) is 4.30. The number of nitriles is 1. The lowest BCUT2D eigenvalue weighted by atomic mass is 9.86. The van der Waals surface area contributed by atoms with Gasteiger partial charge in [0.25, 0.3) is 0 Å². The second kappa shape index (κ2) is 6.84. The van der Waals surface area contributed by atoms with Crippen LogP contribution in [0.2, 0.25) is 0 Å². The number of hydrogen-bond donors (Lipinski definition) is 2. The summed E-state index contributed by atoms with van der Waals surface area (Å²) in [7, 11) is 0. The van der Waals surface area contributed by atoms with Gasteiger partial charge in [-0.25, -0.2) is 4.79 Å². The Morgan fingerprint density at radius 3 is 2.83 bits per heavy atom. The van der Waals surface area contributed by atoms with Crippen LogP contribution in [0.15, 0.2) is 30.3 Å². The van der Waals surface area contributed by atoms with Gasteiger partial charge in [0.05, 0.1) is 5.56 Å². The molecule has 23 heavy (non-hydrogen) atoms. The second-order valence-corrected chi connectivity index (χ2v) is 6.89. The van der Waals surface area contributed by atoms with Crippen LogP contribution < -0.4 is 10.6 Å². The van der Waals surface area contributed by atoms with Crippen LogP contribution in [0.4, 0.5) is 15.5 Å². The summed E-state index contributed by atoms with van der Waals surface area (Å²) in [6, 6.07) is 11.3. The lowest BCUT2D eigenvalue weighted by Gasteiger charge is -2.20. The first-order valence-corrected chi connectivity index (χ1v) is 8.70. The second-order valence-electron chi connectivity index (χ2n) is 5.78. The number of hydrogen-bond acceptors (Lipinski definition) is 3. The van der Waals surface area contributed by atoms with E-state index in [9.17, 15) is 10.1 Å². The molecule has 2 N–H and O–H groups in total. The van der Waals surface area contributed by atoms with E-state index in [0.717, 1.165) is 36.9 Å². The van der Waals surface area contributed by atoms with Crippen LogP contribution in [0, 0.1) is 17.2 Å². The van der Waals surface area contributed by atoms with Crippen molar-refractivity contribution in [2.45, 2.75) is 32.6 Å². The third-order valence-corrected chi connectivity index (χ3v) is 5.48. The van der Waals surface area contributed by atoms with Gasteiger partial charge in [-0.1, -0.05) is 31.5 Å². The molecule has 3 rings (SSSR count). The maximum Gasteiger partial charge on any atom is 0.324 e. The van der Waals surface area contributed by atoms with Gasteiger partial charge < -0.3 is 5.32 Å². The third kappa shape index (κ3) is 3.38. The molecule has 0 saturated heterocycles. The number of para-hydroxylation sites is 1. The Kier molecular flexibility index (Phi) is 4.63. The largest absolute Gasteiger partial charge is 0.324 e. The van der Waals surface area contributed by atoms with Crippen molar-refractivity contribution in [3.05, 3.63) is 46.3 Å². The number of urea groups is 1. The van der Waals surface area contributed by atoms with Crippen molar-refractivity contribution >= 4 is 28.1 Å². The van der Waals surface area contributed by atoms with Crippen LogP contribution >= 0.6 is 11.3 Å². The van der Waals surface area contributed by atoms with Crippen molar-refractivity contribution in [1.82, 2.24) is 0 Å². The van der Waals surface area contributed by atoms with Gasteiger partial charge in [0.2, 0.25) is 0 Å². The summed E-state index contributed by atoms with van der Waals surface area (Å²) < 4.78 is 0. The zero-order valence-electron chi connectivity index (χ0n) is 13.1. The van der Waals surface area contributed by atoms with E-state index in [-0.39, 0.29) is 6.03 Å². The fourth-order valence-electron chi connectivity index (χ4n) is 3.00. The highest BCUT2D eigenvalue weighted by atomic mass is 32.1. The molecule has 0 fully saturated rings. The summed E-state index contributed by atoms with van der Waals surface area (Å²) in [6.07, 6.45) is 4.25. The summed E-state index contributed by atoms with van der Waals surface area (Å²) >= 11 is 1.55. The minimum atomic E-state index is -0.307. The Morgan fingerprint density at radius 1 is 1.35 bits per heavy atom. The summed E-state index contributed by atoms with van der Waals surface area (Å²) in [5.41, 5.74) is 2.51. The summed E-state index contributed by atoms with van der Waals surface area (Å²) in [4.78, 5) is 13.4. The zero-order valence-corrected chi connectivity index (χ0v) is 13.9. The zero-order chi connectivity index (χ0) is 16.2. The van der Waals surface area contributed by atoms with Crippen LogP contribution in [0.25, 0.3) is 0 Å². The first kappa shape index (κ1) is 15.6. The minimum absolute atomic E-state index is 0.307. The van der Waals surface area contributed by atoms with E-state index in [1.807, 2.05) is 30.3 Å². The predicted molar refractivity (Wildman–Crippen MR) is 93.9 cm³/mol. The number of fused-ring (bicyclic) bond motifs is 1. The molecule has 1 heterocycles. The first-order chi connectivity index (χ1) is 11.2. The van der Waals surface area contributed by atoms with E-state index >= 15 is 0 Å². The summed E-state index contributed by atoms with van der Waals surface area (Å²) in [5, 5.41) is 15.8. The van der Waals surface area contributed by atoms with E-state index in [0.29, 0.717) is 16.5 Å². The highest BCUT2D eigenvalue weighted by Crippen LogP contribution is 2.40. The Labute approximate surface area is 140 Å². The number of rotatable bonds is 3. The van der Waals surface area contributed by atoms with E-state index in [1.165, 1.54) is 4.88 Å². The van der Waals surface area contributed by atoms with Gasteiger partial charge in [-0.15, -0.1) is 11.3 Å². The van der Waals surface area contributed by atoms with Crippen LogP contribution in [0.3, 0.4) is 0 Å². The molecule has 0 spiro atoms. The average molecular weight is 325 g/mol. The smallest absolute Gasteiger partial charge is 0.308 e. The van der Waals surface area contributed by atoms with Crippen LogP contribution in [-0.2, 0) is 12.8 Å². The van der Waals surface area contributed by atoms with Crippen LogP contribution in [0.5, 0.6) is 0 Å². The summed E-state index contributed by atoms with van der Waals surface area (Å²) in [6.45, 7) is 2.21. The molecule has 5 heteroatoms. The number of anilines is 2. The molecule has 1 aromatic carbocycles. The van der Waals surface area contributed by atoms with Crippen molar-refractivity contribution in [2.24, 2.45) is 5.92 Å². The number of carbonyl (C=O) groups is 1. The van der Waals surface area contributed by atoms with Gasteiger partial charge in [0.1, 0.15) is 11.1 Å². The molecule has 0 saturated carbocycles. The Bertz CT molecular complexity index is 746. The van der Waals surface area contributed by atoms with Gasteiger partial charge in [0.15, 0.2) is 0 Å². The molecule has 4 nitrogen and oxygen atoms in total. The standard InChI is InChI=1S/C18H19N3OS/c1-2-12-8-9-14-15(11-19)17(23-16(14)10-12)21-18(22)20-13-6-4-3-5-7-13/h3-7,12H,2,8-10H2,1H3,(H2,20,21,22). The molecule has 0 radical (unpaired) electrons. The Hall–Kier alpha value is -2.32. The number of nitrogens with zero attached hydrogens (tertiary/aromatic N) is 1. The molecule has 0 bridgehead atoms. The molecule has 1 aliphatic rings. The quantitative estimate of drug-likeness (QED) is 0.853. The van der Waals surface area contributed by atoms with Crippen LogP contribution in [-0.4, -0.2) is 6.03 Å². The molecule has 118 valence electrons. The molecular formula is C18H19N3OS. The maximum atomic E-state index is 12.2. The van der Waals surface area contributed by atoms with E-state index in [1.54, 1.807) is 11.3 Å². The van der Waals surface area contributed by atoms with Crippen molar-refractivity contribution < 1.29 is 4.79 Å². The number of thiophene rings is 1.